The van der Waals surface area contributed by atoms with Crippen LogP contribution < -0.4 is 5.32 Å². The molecule has 0 saturated carbocycles. The van der Waals surface area contributed by atoms with E-state index in [0.29, 0.717) is 6.04 Å². The minimum Gasteiger partial charge on any atom is -0.374 e. The first-order valence-corrected chi connectivity index (χ1v) is 9.84. The van der Waals surface area contributed by atoms with Crippen LogP contribution in [0.25, 0.3) is 0 Å². The maximum atomic E-state index is 13.0. The molecular formula is C19H28FN3OS. The lowest BCUT2D eigenvalue weighted by molar-refractivity contribution is -0.128. The van der Waals surface area contributed by atoms with Crippen LogP contribution in [-0.4, -0.2) is 47.9 Å². The predicted octanol–water partition coefficient (Wildman–Crippen LogP) is 3.58. The van der Waals surface area contributed by atoms with E-state index in [9.17, 15) is 9.18 Å². The van der Waals surface area contributed by atoms with E-state index in [1.807, 2.05) is 18.7 Å². The molecule has 0 aromatic heterocycles. The fourth-order valence-electron chi connectivity index (χ4n) is 2.86. The van der Waals surface area contributed by atoms with Crippen LogP contribution in [0.2, 0.25) is 0 Å². The highest BCUT2D eigenvalue weighted by molar-refractivity contribution is 8.04. The molecular weight excluding hydrogens is 337 g/mol. The maximum absolute atomic E-state index is 13.0. The third-order valence-electron chi connectivity index (χ3n) is 4.33. The highest BCUT2D eigenvalue weighted by Gasteiger charge is 2.29. The smallest absolute Gasteiger partial charge is 0.261 e. The van der Waals surface area contributed by atoms with Gasteiger partial charge in [-0.15, -0.1) is 0 Å². The molecule has 2 heterocycles. The van der Waals surface area contributed by atoms with E-state index in [0.717, 1.165) is 36.6 Å². The van der Waals surface area contributed by atoms with Gasteiger partial charge in [0.1, 0.15) is 11.2 Å². The summed E-state index contributed by atoms with van der Waals surface area (Å²) in [6, 6.07) is 6.92. The number of thioether (sulfide) groups is 1. The van der Waals surface area contributed by atoms with Gasteiger partial charge in [-0.1, -0.05) is 37.7 Å². The average Bonchev–Trinajstić information content (AvgIpc) is 3.13. The van der Waals surface area contributed by atoms with Gasteiger partial charge in [-0.3, -0.25) is 9.69 Å². The molecule has 1 amide bonds. The van der Waals surface area contributed by atoms with E-state index in [-0.39, 0.29) is 17.1 Å². The Bertz CT molecular complexity index is 595. The molecule has 1 unspecified atom stereocenters. The lowest BCUT2D eigenvalue weighted by Crippen LogP contribution is -2.50. The summed E-state index contributed by atoms with van der Waals surface area (Å²) in [4.78, 5) is 17.7. The lowest BCUT2D eigenvalue weighted by Gasteiger charge is -2.37. The van der Waals surface area contributed by atoms with Gasteiger partial charge in [-0.25, -0.2) is 4.39 Å². The van der Waals surface area contributed by atoms with Crippen molar-refractivity contribution in [2.24, 2.45) is 0 Å². The Hall–Kier alpha value is -1.53. The van der Waals surface area contributed by atoms with E-state index in [2.05, 4.69) is 24.1 Å². The van der Waals surface area contributed by atoms with Crippen LogP contribution in [0.5, 0.6) is 0 Å². The number of carbonyl (C=O) groups excluding carboxylic acids is 1. The summed E-state index contributed by atoms with van der Waals surface area (Å²) in [6.07, 6.45) is 1.79. The number of benzene rings is 1. The Morgan fingerprint density at radius 2 is 1.76 bits per heavy atom. The zero-order valence-corrected chi connectivity index (χ0v) is 16.3. The quantitative estimate of drug-likeness (QED) is 0.888. The molecule has 0 spiro atoms. The second-order valence-electron chi connectivity index (χ2n) is 6.15. The van der Waals surface area contributed by atoms with Gasteiger partial charge in [0.25, 0.3) is 5.91 Å². The number of hydrogen-bond donors (Lipinski definition) is 1. The number of hydrogen-bond acceptors (Lipinski definition) is 4. The minimum absolute atomic E-state index is 0.0218. The predicted molar refractivity (Wildman–Crippen MR) is 103 cm³/mol. The van der Waals surface area contributed by atoms with Gasteiger partial charge in [-0.2, -0.15) is 0 Å². The molecule has 1 aromatic carbocycles. The van der Waals surface area contributed by atoms with Gasteiger partial charge in [0.15, 0.2) is 0 Å². The maximum Gasteiger partial charge on any atom is 0.261 e. The summed E-state index contributed by atoms with van der Waals surface area (Å²) in [6.45, 7) is 11.8. The van der Waals surface area contributed by atoms with Crippen molar-refractivity contribution in [2.75, 3.05) is 26.2 Å². The van der Waals surface area contributed by atoms with E-state index >= 15 is 0 Å². The number of piperazine rings is 1. The molecule has 2 aliphatic rings. The standard InChI is InChI=1S/C17H22FN3OS.C2H6/c1-12(2)20-7-9-21(10-8-20)17(22)15-11-19-16(23-15)13-3-5-14(18)6-4-13;1-2/h3-6,11-12,16,19H,7-10H2,1-2H3;1-2H3. The van der Waals surface area contributed by atoms with E-state index in [1.54, 1.807) is 18.3 Å². The number of nitrogens with one attached hydrogen (secondary N) is 1. The van der Waals surface area contributed by atoms with Gasteiger partial charge in [0.05, 0.1) is 4.91 Å². The number of halogens is 1. The first kappa shape index (κ1) is 19.8. The van der Waals surface area contributed by atoms with Crippen LogP contribution >= 0.6 is 11.8 Å². The van der Waals surface area contributed by atoms with E-state index < -0.39 is 0 Å². The monoisotopic (exact) mass is 365 g/mol. The third-order valence-corrected chi connectivity index (χ3v) is 5.52. The summed E-state index contributed by atoms with van der Waals surface area (Å²) in [5.41, 5.74) is 0.972. The molecule has 1 atom stereocenters. The Balaban J connectivity index is 0.00000109. The molecule has 1 fully saturated rings. The van der Waals surface area contributed by atoms with Crippen molar-refractivity contribution >= 4 is 17.7 Å². The molecule has 4 nitrogen and oxygen atoms in total. The van der Waals surface area contributed by atoms with Gasteiger partial charge in [0.2, 0.25) is 0 Å². The molecule has 25 heavy (non-hydrogen) atoms. The van der Waals surface area contributed by atoms with Crippen LogP contribution in [0.15, 0.2) is 35.4 Å². The van der Waals surface area contributed by atoms with Crippen molar-refractivity contribution in [1.82, 2.24) is 15.1 Å². The van der Waals surface area contributed by atoms with Crippen molar-refractivity contribution in [3.8, 4) is 0 Å². The highest BCUT2D eigenvalue weighted by Crippen LogP contribution is 2.37. The fourth-order valence-corrected chi connectivity index (χ4v) is 3.91. The number of nitrogens with zero attached hydrogens (tertiary/aromatic N) is 2. The second-order valence-corrected chi connectivity index (χ2v) is 7.29. The van der Waals surface area contributed by atoms with Crippen molar-refractivity contribution in [2.45, 2.75) is 39.1 Å². The summed E-state index contributed by atoms with van der Waals surface area (Å²) in [5.74, 6) is -0.153. The Labute approximate surface area is 154 Å². The van der Waals surface area contributed by atoms with Crippen LogP contribution in [0.1, 0.15) is 38.6 Å². The van der Waals surface area contributed by atoms with Crippen molar-refractivity contribution in [3.05, 3.63) is 46.8 Å². The van der Waals surface area contributed by atoms with E-state index in [1.165, 1.54) is 23.9 Å². The molecule has 0 radical (unpaired) electrons. The summed E-state index contributed by atoms with van der Waals surface area (Å²) < 4.78 is 13.0. The highest BCUT2D eigenvalue weighted by atomic mass is 32.2. The zero-order chi connectivity index (χ0) is 18.4. The third kappa shape index (κ3) is 4.98. The lowest BCUT2D eigenvalue weighted by atomic mass is 10.2. The van der Waals surface area contributed by atoms with Gasteiger partial charge in [-0.05, 0) is 31.5 Å². The molecule has 1 N–H and O–H groups in total. The van der Waals surface area contributed by atoms with Crippen molar-refractivity contribution in [3.63, 3.8) is 0 Å². The fraction of sp³-hybridized carbons (Fsp3) is 0.526. The zero-order valence-electron chi connectivity index (χ0n) is 15.5. The average molecular weight is 366 g/mol. The first-order valence-electron chi connectivity index (χ1n) is 8.96. The topological polar surface area (TPSA) is 35.6 Å². The summed E-state index contributed by atoms with van der Waals surface area (Å²) in [5, 5.41) is 3.19. The second kappa shape index (κ2) is 9.25. The van der Waals surface area contributed by atoms with Gasteiger partial charge >= 0.3 is 0 Å². The van der Waals surface area contributed by atoms with Crippen LogP contribution in [0, 0.1) is 5.82 Å². The molecule has 6 heteroatoms. The largest absolute Gasteiger partial charge is 0.374 e. The van der Waals surface area contributed by atoms with Crippen molar-refractivity contribution < 1.29 is 9.18 Å². The van der Waals surface area contributed by atoms with Crippen LogP contribution in [0.4, 0.5) is 4.39 Å². The summed E-state index contributed by atoms with van der Waals surface area (Å²) in [7, 11) is 0. The van der Waals surface area contributed by atoms with E-state index in [4.69, 9.17) is 0 Å². The number of rotatable bonds is 3. The molecule has 138 valence electrons. The molecule has 2 aliphatic heterocycles. The van der Waals surface area contributed by atoms with Gasteiger partial charge in [0, 0.05) is 38.4 Å². The molecule has 1 aromatic rings. The number of amides is 1. The van der Waals surface area contributed by atoms with Gasteiger partial charge < -0.3 is 10.2 Å². The Morgan fingerprint density at radius 3 is 2.32 bits per heavy atom. The number of carbonyl (C=O) groups is 1. The Morgan fingerprint density at radius 1 is 1.16 bits per heavy atom. The van der Waals surface area contributed by atoms with Crippen LogP contribution in [-0.2, 0) is 4.79 Å². The van der Waals surface area contributed by atoms with Crippen molar-refractivity contribution in [1.29, 1.82) is 0 Å². The normalized spacial score (nSPS) is 20.6. The SMILES string of the molecule is CC.CC(C)N1CCN(C(=O)C2=CNC(c3ccc(F)cc3)S2)CC1. The summed E-state index contributed by atoms with van der Waals surface area (Å²) >= 11 is 1.50. The Kier molecular flexibility index (Phi) is 7.32. The molecule has 3 rings (SSSR count). The minimum atomic E-state index is -0.246. The molecule has 0 aliphatic carbocycles. The first-order chi connectivity index (χ1) is 12.0. The van der Waals surface area contributed by atoms with Crippen LogP contribution in [0.3, 0.4) is 0 Å². The molecule has 1 saturated heterocycles. The molecule has 0 bridgehead atoms.